The Kier molecular flexibility index (Phi) is 4.68. The summed E-state index contributed by atoms with van der Waals surface area (Å²) >= 11 is 0. The highest BCUT2D eigenvalue weighted by molar-refractivity contribution is 6.05. The zero-order valence-corrected chi connectivity index (χ0v) is 15.5. The number of hydrogen-bond donors (Lipinski definition) is 1. The molecule has 0 radical (unpaired) electrons. The number of rotatable bonds is 4. The van der Waals surface area contributed by atoms with Crippen molar-refractivity contribution < 1.29 is 9.21 Å². The van der Waals surface area contributed by atoms with Crippen molar-refractivity contribution in [2.75, 3.05) is 5.32 Å². The van der Waals surface area contributed by atoms with Crippen LogP contribution in [0.25, 0.3) is 22.7 Å². The van der Waals surface area contributed by atoms with E-state index in [2.05, 4.69) is 20.3 Å². The van der Waals surface area contributed by atoms with E-state index in [-0.39, 0.29) is 5.91 Å². The Morgan fingerprint density at radius 2 is 1.86 bits per heavy atom. The van der Waals surface area contributed by atoms with Gasteiger partial charge < -0.3 is 9.73 Å². The molecule has 0 aliphatic carbocycles. The number of carbonyl (C=O) groups excluding carboxylic acids is 1. The third-order valence-corrected chi connectivity index (χ3v) is 4.48. The fourth-order valence-electron chi connectivity index (χ4n) is 2.95. The first-order valence-electron chi connectivity index (χ1n) is 8.81. The van der Waals surface area contributed by atoms with Crippen LogP contribution < -0.4 is 5.32 Å². The highest BCUT2D eigenvalue weighted by Crippen LogP contribution is 2.28. The van der Waals surface area contributed by atoms with Gasteiger partial charge in [0.1, 0.15) is 6.26 Å². The summed E-state index contributed by atoms with van der Waals surface area (Å²) in [7, 11) is 0. The lowest BCUT2D eigenvalue weighted by molar-refractivity contribution is 0.102. The molecule has 0 unspecified atom stereocenters. The lowest BCUT2D eigenvalue weighted by Crippen LogP contribution is -2.13. The molecule has 0 saturated heterocycles. The van der Waals surface area contributed by atoms with Gasteiger partial charge in [0.25, 0.3) is 5.91 Å². The van der Waals surface area contributed by atoms with Gasteiger partial charge in [-0.15, -0.1) is 0 Å². The summed E-state index contributed by atoms with van der Waals surface area (Å²) < 4.78 is 5.38. The standard InChI is InChI=1S/C22H18N4O2/c1-14-3-4-16(22-24-9-10-28-22)11-19(14)20-6-5-17(13-25-20)26-21(27)18-7-8-23-12-15(18)2/h3-13H,1-2H3,(H,26,27). The van der Waals surface area contributed by atoms with Crippen LogP contribution in [0.1, 0.15) is 21.5 Å². The first-order valence-corrected chi connectivity index (χ1v) is 8.81. The molecule has 28 heavy (non-hydrogen) atoms. The summed E-state index contributed by atoms with van der Waals surface area (Å²) in [5.74, 6) is 0.384. The summed E-state index contributed by atoms with van der Waals surface area (Å²) in [6.07, 6.45) is 8.10. The van der Waals surface area contributed by atoms with Crippen molar-refractivity contribution in [3.63, 3.8) is 0 Å². The third kappa shape index (κ3) is 3.53. The number of aromatic nitrogens is 3. The summed E-state index contributed by atoms with van der Waals surface area (Å²) in [6.45, 7) is 3.88. The zero-order valence-electron chi connectivity index (χ0n) is 15.5. The molecule has 0 atom stereocenters. The first-order chi connectivity index (χ1) is 13.6. The molecule has 3 aromatic heterocycles. The summed E-state index contributed by atoms with van der Waals surface area (Å²) in [5.41, 5.74) is 5.82. The van der Waals surface area contributed by atoms with E-state index in [1.54, 1.807) is 37.1 Å². The summed E-state index contributed by atoms with van der Waals surface area (Å²) in [5, 5.41) is 2.87. The Labute approximate surface area is 162 Å². The molecular weight excluding hydrogens is 352 g/mol. The second kappa shape index (κ2) is 7.44. The van der Waals surface area contributed by atoms with Gasteiger partial charge in [-0.25, -0.2) is 4.98 Å². The number of oxazole rings is 1. The predicted octanol–water partition coefficient (Wildman–Crippen LogP) is 4.67. The minimum absolute atomic E-state index is 0.184. The number of anilines is 1. The van der Waals surface area contributed by atoms with Gasteiger partial charge in [0, 0.05) is 29.1 Å². The lowest BCUT2D eigenvalue weighted by atomic mass is 10.0. The molecule has 3 heterocycles. The van der Waals surface area contributed by atoms with Crippen molar-refractivity contribution >= 4 is 11.6 Å². The maximum atomic E-state index is 12.4. The molecular formula is C22H18N4O2. The normalized spacial score (nSPS) is 10.6. The van der Waals surface area contributed by atoms with Crippen LogP contribution in [0.3, 0.4) is 0 Å². The quantitative estimate of drug-likeness (QED) is 0.565. The van der Waals surface area contributed by atoms with Gasteiger partial charge in [-0.1, -0.05) is 6.07 Å². The van der Waals surface area contributed by atoms with Gasteiger partial charge in [0.2, 0.25) is 5.89 Å². The SMILES string of the molecule is Cc1cnccc1C(=O)Nc1ccc(-c2cc(-c3ncco3)ccc2C)nc1. The molecule has 0 aliphatic rings. The van der Waals surface area contributed by atoms with Gasteiger partial charge >= 0.3 is 0 Å². The van der Waals surface area contributed by atoms with Crippen molar-refractivity contribution in [1.82, 2.24) is 15.0 Å². The average Bonchev–Trinajstić information content (AvgIpc) is 3.24. The number of pyridine rings is 2. The number of nitrogens with one attached hydrogen (secondary N) is 1. The van der Waals surface area contributed by atoms with E-state index in [1.807, 2.05) is 44.2 Å². The molecule has 0 bridgehead atoms. The van der Waals surface area contributed by atoms with E-state index in [0.29, 0.717) is 17.1 Å². The summed E-state index contributed by atoms with van der Waals surface area (Å²) in [6, 6.07) is 11.4. The second-order valence-corrected chi connectivity index (χ2v) is 6.44. The van der Waals surface area contributed by atoms with Gasteiger partial charge in [0.05, 0.1) is 23.8 Å². The van der Waals surface area contributed by atoms with E-state index >= 15 is 0 Å². The molecule has 0 aliphatic heterocycles. The fraction of sp³-hybridized carbons (Fsp3) is 0.0909. The van der Waals surface area contributed by atoms with Gasteiger partial charge in [-0.05, 0) is 55.3 Å². The monoisotopic (exact) mass is 370 g/mol. The lowest BCUT2D eigenvalue weighted by Gasteiger charge is -2.10. The number of amides is 1. The number of carbonyl (C=O) groups is 1. The van der Waals surface area contributed by atoms with Gasteiger partial charge in [-0.2, -0.15) is 0 Å². The molecule has 138 valence electrons. The van der Waals surface area contributed by atoms with Crippen LogP contribution in [0.15, 0.2) is 71.9 Å². The maximum Gasteiger partial charge on any atom is 0.256 e. The van der Waals surface area contributed by atoms with Crippen LogP contribution in [0.5, 0.6) is 0 Å². The minimum atomic E-state index is -0.184. The molecule has 1 amide bonds. The van der Waals surface area contributed by atoms with Crippen molar-refractivity contribution in [2.45, 2.75) is 13.8 Å². The number of nitrogens with zero attached hydrogens (tertiary/aromatic N) is 3. The van der Waals surface area contributed by atoms with E-state index in [0.717, 1.165) is 27.9 Å². The Morgan fingerprint density at radius 3 is 2.57 bits per heavy atom. The molecule has 4 aromatic rings. The third-order valence-electron chi connectivity index (χ3n) is 4.48. The second-order valence-electron chi connectivity index (χ2n) is 6.44. The zero-order chi connectivity index (χ0) is 19.5. The van der Waals surface area contributed by atoms with Crippen LogP contribution in [0, 0.1) is 13.8 Å². The Bertz CT molecular complexity index is 1120. The average molecular weight is 370 g/mol. The molecule has 0 saturated carbocycles. The highest BCUT2D eigenvalue weighted by atomic mass is 16.3. The van der Waals surface area contributed by atoms with Crippen LogP contribution in [0.4, 0.5) is 5.69 Å². The molecule has 0 fully saturated rings. The van der Waals surface area contributed by atoms with Gasteiger partial charge in [0.15, 0.2) is 0 Å². The molecule has 4 rings (SSSR count). The number of hydrogen-bond acceptors (Lipinski definition) is 5. The minimum Gasteiger partial charge on any atom is -0.445 e. The Balaban J connectivity index is 1.58. The van der Waals surface area contributed by atoms with Crippen molar-refractivity contribution in [3.05, 3.63) is 84.1 Å². The van der Waals surface area contributed by atoms with Crippen LogP contribution in [-0.4, -0.2) is 20.9 Å². The molecule has 1 N–H and O–H groups in total. The van der Waals surface area contributed by atoms with E-state index in [4.69, 9.17) is 4.42 Å². The largest absolute Gasteiger partial charge is 0.445 e. The maximum absolute atomic E-state index is 12.4. The van der Waals surface area contributed by atoms with E-state index in [9.17, 15) is 4.79 Å². The van der Waals surface area contributed by atoms with Crippen LogP contribution in [0.2, 0.25) is 0 Å². The van der Waals surface area contributed by atoms with Crippen molar-refractivity contribution in [3.8, 4) is 22.7 Å². The first kappa shape index (κ1) is 17.6. The smallest absolute Gasteiger partial charge is 0.256 e. The topological polar surface area (TPSA) is 80.9 Å². The van der Waals surface area contributed by atoms with Crippen LogP contribution >= 0.6 is 0 Å². The molecule has 6 heteroatoms. The van der Waals surface area contributed by atoms with Crippen molar-refractivity contribution in [1.29, 1.82) is 0 Å². The van der Waals surface area contributed by atoms with Crippen LogP contribution in [-0.2, 0) is 0 Å². The highest BCUT2D eigenvalue weighted by Gasteiger charge is 2.11. The van der Waals surface area contributed by atoms with Crippen molar-refractivity contribution in [2.24, 2.45) is 0 Å². The molecule has 6 nitrogen and oxygen atoms in total. The summed E-state index contributed by atoms with van der Waals surface area (Å²) in [4.78, 5) is 25.2. The van der Waals surface area contributed by atoms with E-state index < -0.39 is 0 Å². The predicted molar refractivity (Wildman–Crippen MR) is 107 cm³/mol. The molecule has 0 spiro atoms. The number of aryl methyl sites for hydroxylation is 2. The molecule has 1 aromatic carbocycles. The van der Waals surface area contributed by atoms with E-state index in [1.165, 1.54) is 0 Å². The fourth-order valence-corrected chi connectivity index (χ4v) is 2.95. The Morgan fingerprint density at radius 1 is 0.964 bits per heavy atom. The Hall–Kier alpha value is -3.80. The van der Waals surface area contributed by atoms with Gasteiger partial charge in [-0.3, -0.25) is 14.8 Å². The number of benzene rings is 1.